The summed E-state index contributed by atoms with van der Waals surface area (Å²) in [6, 6.07) is 7.24. The van der Waals surface area contributed by atoms with Crippen LogP contribution in [0.4, 0.5) is 5.82 Å². The van der Waals surface area contributed by atoms with Gasteiger partial charge in [0.15, 0.2) is 0 Å². The molecule has 1 aromatic heterocycles. The van der Waals surface area contributed by atoms with E-state index in [1.807, 2.05) is 0 Å². The van der Waals surface area contributed by atoms with Crippen LogP contribution in [0.2, 0.25) is 0 Å². The Labute approximate surface area is 169 Å². The molecule has 5 rings (SSSR count). The average Bonchev–Trinajstić information content (AvgIpc) is 3.31. The van der Waals surface area contributed by atoms with Crippen molar-refractivity contribution in [2.75, 3.05) is 11.9 Å². The molecule has 1 aliphatic heterocycles. The van der Waals surface area contributed by atoms with Gasteiger partial charge < -0.3 is 10.4 Å². The number of carbonyl (C=O) groups excluding carboxylic acids is 1. The third kappa shape index (κ3) is 2.95. The monoisotopic (exact) mass is 414 g/mol. The van der Waals surface area contributed by atoms with E-state index in [4.69, 9.17) is 0 Å². The van der Waals surface area contributed by atoms with Gasteiger partial charge in [-0.3, -0.25) is 4.79 Å². The predicted molar refractivity (Wildman–Crippen MR) is 105 cm³/mol. The molecule has 0 radical (unpaired) electrons. The second-order valence-corrected chi connectivity index (χ2v) is 10.1. The molecular weight excluding hydrogens is 392 g/mol. The Hall–Kier alpha value is -2.36. The summed E-state index contributed by atoms with van der Waals surface area (Å²) >= 11 is 0. The van der Waals surface area contributed by atoms with Crippen LogP contribution in [0.5, 0.6) is 0 Å². The van der Waals surface area contributed by atoms with Crippen LogP contribution >= 0.6 is 0 Å². The first kappa shape index (κ1) is 18.7. The van der Waals surface area contributed by atoms with Crippen LogP contribution in [0.15, 0.2) is 41.4 Å². The van der Waals surface area contributed by atoms with Gasteiger partial charge in [0.05, 0.1) is 17.0 Å². The highest BCUT2D eigenvalue weighted by Crippen LogP contribution is 2.56. The Balaban J connectivity index is 1.41. The summed E-state index contributed by atoms with van der Waals surface area (Å²) in [5.41, 5.74) is 0.231. The maximum atomic E-state index is 13.3. The molecule has 2 aromatic rings. The van der Waals surface area contributed by atoms with E-state index in [2.05, 4.69) is 15.3 Å². The number of anilines is 1. The van der Waals surface area contributed by atoms with Gasteiger partial charge in [-0.05, 0) is 61.8 Å². The first-order valence-electron chi connectivity index (χ1n) is 9.75. The molecule has 2 N–H and O–H groups in total. The second-order valence-electron chi connectivity index (χ2n) is 8.18. The van der Waals surface area contributed by atoms with Crippen molar-refractivity contribution in [3.05, 3.63) is 47.9 Å². The van der Waals surface area contributed by atoms with Crippen LogP contribution in [-0.2, 0) is 10.0 Å². The van der Waals surface area contributed by atoms with E-state index in [9.17, 15) is 18.3 Å². The van der Waals surface area contributed by atoms with E-state index in [1.54, 1.807) is 31.3 Å². The zero-order valence-corrected chi connectivity index (χ0v) is 16.7. The molecule has 5 atom stereocenters. The molecular formula is C20H22N4O4S. The smallest absolute Gasteiger partial charge is 0.256 e. The number of aryl methyl sites for hydroxylation is 1. The number of aliphatic hydroxyl groups excluding tert-OH is 1. The molecule has 2 bridgehead atoms. The zero-order chi connectivity index (χ0) is 20.3. The normalized spacial score (nSPS) is 30.6. The van der Waals surface area contributed by atoms with Crippen molar-refractivity contribution in [2.24, 2.45) is 17.8 Å². The van der Waals surface area contributed by atoms with Crippen molar-refractivity contribution in [1.82, 2.24) is 14.3 Å². The molecule has 2 aliphatic carbocycles. The summed E-state index contributed by atoms with van der Waals surface area (Å²) in [6.45, 7) is 2.16. The Morgan fingerprint density at radius 1 is 1.24 bits per heavy atom. The number of sulfonamides is 1. The van der Waals surface area contributed by atoms with Crippen molar-refractivity contribution in [3.8, 4) is 0 Å². The standard InChI is InChI=1S/C20H22N4O4S/c1-11-21-6-5-17(22-11)23-20(26)12-3-2-4-15(8-12)29(27,28)24-10-14-7-13-9-16(14)18(24)19(13)25/h2-6,8,13-14,16,18-19,25H,7,9-10H2,1H3,(H,21,22,23,26). The predicted octanol–water partition coefficient (Wildman–Crippen LogP) is 1.43. The van der Waals surface area contributed by atoms with Crippen molar-refractivity contribution >= 4 is 21.7 Å². The van der Waals surface area contributed by atoms with Gasteiger partial charge in [-0.25, -0.2) is 18.4 Å². The van der Waals surface area contributed by atoms with Crippen LogP contribution in [0, 0.1) is 24.7 Å². The fourth-order valence-electron chi connectivity index (χ4n) is 5.28. The maximum absolute atomic E-state index is 13.3. The fourth-order valence-corrected chi connectivity index (χ4v) is 7.07. The molecule has 0 spiro atoms. The zero-order valence-electron chi connectivity index (χ0n) is 15.9. The van der Waals surface area contributed by atoms with E-state index in [0.717, 1.165) is 12.8 Å². The maximum Gasteiger partial charge on any atom is 0.256 e. The number of nitrogens with one attached hydrogen (secondary N) is 1. The first-order chi connectivity index (χ1) is 13.8. The Morgan fingerprint density at radius 2 is 2.07 bits per heavy atom. The molecule has 1 aromatic carbocycles. The Kier molecular flexibility index (Phi) is 4.23. The molecule has 3 aliphatic rings. The number of amides is 1. The number of fused-ring (bicyclic) bond motifs is 1. The quantitative estimate of drug-likeness (QED) is 0.783. The lowest BCUT2D eigenvalue weighted by molar-refractivity contribution is 0.0731. The summed E-state index contributed by atoms with van der Waals surface area (Å²) in [5.74, 6) is 1.22. The second kappa shape index (κ2) is 6.58. The molecule has 1 saturated heterocycles. The van der Waals surface area contributed by atoms with Crippen molar-refractivity contribution in [1.29, 1.82) is 0 Å². The van der Waals surface area contributed by atoms with Crippen molar-refractivity contribution < 1.29 is 18.3 Å². The molecule has 8 nitrogen and oxygen atoms in total. The van der Waals surface area contributed by atoms with E-state index in [1.165, 1.54) is 16.4 Å². The summed E-state index contributed by atoms with van der Waals surface area (Å²) in [6.07, 6.45) is 2.75. The van der Waals surface area contributed by atoms with Gasteiger partial charge in [0.2, 0.25) is 10.0 Å². The third-order valence-electron chi connectivity index (χ3n) is 6.52. The molecule has 5 unspecified atom stereocenters. The van der Waals surface area contributed by atoms with Gasteiger partial charge in [0.25, 0.3) is 5.91 Å². The van der Waals surface area contributed by atoms with E-state index >= 15 is 0 Å². The lowest BCUT2D eigenvalue weighted by Crippen LogP contribution is -2.43. The van der Waals surface area contributed by atoms with E-state index in [-0.39, 0.29) is 28.3 Å². The van der Waals surface area contributed by atoms with Gasteiger partial charge in [-0.15, -0.1) is 0 Å². The number of nitrogens with zero attached hydrogens (tertiary/aromatic N) is 3. The number of aliphatic hydroxyl groups is 1. The first-order valence-corrected chi connectivity index (χ1v) is 11.2. The summed E-state index contributed by atoms with van der Waals surface area (Å²) in [4.78, 5) is 20.8. The minimum Gasteiger partial charge on any atom is -0.391 e. The fraction of sp³-hybridized carbons (Fsp3) is 0.450. The highest BCUT2D eigenvalue weighted by Gasteiger charge is 2.61. The van der Waals surface area contributed by atoms with Gasteiger partial charge in [-0.1, -0.05) is 6.07 Å². The molecule has 29 heavy (non-hydrogen) atoms. The molecule has 2 saturated carbocycles. The molecule has 2 heterocycles. The van der Waals surface area contributed by atoms with Crippen LogP contribution in [0.1, 0.15) is 29.0 Å². The lowest BCUT2D eigenvalue weighted by Gasteiger charge is -2.28. The number of benzene rings is 1. The van der Waals surface area contributed by atoms with Crippen LogP contribution < -0.4 is 5.32 Å². The highest BCUT2D eigenvalue weighted by molar-refractivity contribution is 7.89. The van der Waals surface area contributed by atoms with Gasteiger partial charge in [-0.2, -0.15) is 4.31 Å². The number of carbonyl (C=O) groups is 1. The topological polar surface area (TPSA) is 112 Å². The minimum absolute atomic E-state index is 0.0703. The lowest BCUT2D eigenvalue weighted by atomic mass is 9.88. The van der Waals surface area contributed by atoms with E-state index in [0.29, 0.717) is 24.1 Å². The van der Waals surface area contributed by atoms with Crippen molar-refractivity contribution in [2.45, 2.75) is 36.8 Å². The van der Waals surface area contributed by atoms with E-state index < -0.39 is 22.0 Å². The van der Waals surface area contributed by atoms with Crippen LogP contribution in [-0.4, -0.2) is 52.4 Å². The number of hydrogen-bond donors (Lipinski definition) is 2. The third-order valence-corrected chi connectivity index (χ3v) is 8.38. The summed E-state index contributed by atoms with van der Waals surface area (Å²) in [7, 11) is -3.80. The number of rotatable bonds is 4. The van der Waals surface area contributed by atoms with Crippen LogP contribution in [0.25, 0.3) is 0 Å². The molecule has 152 valence electrons. The largest absolute Gasteiger partial charge is 0.391 e. The SMILES string of the molecule is Cc1nccc(NC(=O)c2cccc(S(=O)(=O)N3CC4CC5CC4C3C5O)c2)n1. The Bertz CT molecular complexity index is 1090. The summed E-state index contributed by atoms with van der Waals surface area (Å²) in [5, 5.41) is 13.2. The minimum atomic E-state index is -3.80. The van der Waals surface area contributed by atoms with Gasteiger partial charge >= 0.3 is 0 Å². The summed E-state index contributed by atoms with van der Waals surface area (Å²) < 4.78 is 28.1. The molecule has 9 heteroatoms. The van der Waals surface area contributed by atoms with Gasteiger partial charge in [0.1, 0.15) is 11.6 Å². The highest BCUT2D eigenvalue weighted by atomic mass is 32.2. The average molecular weight is 414 g/mol. The molecule has 3 fully saturated rings. The Morgan fingerprint density at radius 3 is 2.83 bits per heavy atom. The van der Waals surface area contributed by atoms with Gasteiger partial charge in [0, 0.05) is 18.3 Å². The number of aromatic nitrogens is 2. The number of hydrogen-bond acceptors (Lipinski definition) is 6. The van der Waals surface area contributed by atoms with Crippen molar-refractivity contribution in [3.63, 3.8) is 0 Å². The van der Waals surface area contributed by atoms with Crippen LogP contribution in [0.3, 0.4) is 0 Å². The molecule has 1 amide bonds.